The molecule has 0 spiro atoms. The number of aryl methyl sites for hydroxylation is 2. The van der Waals surface area contributed by atoms with E-state index >= 15 is 0 Å². The first-order valence-corrected chi connectivity index (χ1v) is 3.87. The fourth-order valence-electron chi connectivity index (χ4n) is 1.22. The van der Waals surface area contributed by atoms with E-state index in [9.17, 15) is 0 Å². The van der Waals surface area contributed by atoms with Gasteiger partial charge in [0.1, 0.15) is 6.33 Å². The Morgan fingerprint density at radius 1 is 1.19 bits per heavy atom. The van der Waals surface area contributed by atoms with Crippen molar-refractivity contribution in [2.45, 2.75) is 13.8 Å². The Bertz CT molecular complexity index is 437. The van der Waals surface area contributed by atoms with Gasteiger partial charge in [0.25, 0.3) is 5.95 Å². The maximum Gasteiger partial charge on any atom is 0.270 e. The molecule has 92 valence electrons. The molecule has 0 fully saturated rings. The smallest absolute Gasteiger partial charge is 0.270 e. The molecule has 2 rings (SSSR count). The number of hydrogen-bond acceptors (Lipinski definition) is 4. The highest BCUT2D eigenvalue weighted by molar-refractivity contribution is 5.86. The fraction of sp³-hybridized carbons (Fsp3) is 0.286. The summed E-state index contributed by atoms with van der Waals surface area (Å²) >= 11 is 0. The molecule has 6 nitrogen and oxygen atoms in total. The molecule has 0 unspecified atom stereocenters. The molecular formula is C7H13Cl3N6. The summed E-state index contributed by atoms with van der Waals surface area (Å²) in [4.78, 5) is 0. The van der Waals surface area contributed by atoms with Crippen molar-refractivity contribution < 1.29 is 0 Å². The molecule has 0 amide bonds. The largest absolute Gasteiger partial charge is 0.335 e. The quantitative estimate of drug-likeness (QED) is 0.796. The highest BCUT2D eigenvalue weighted by Gasteiger charge is 2.08. The van der Waals surface area contributed by atoms with Gasteiger partial charge in [-0.2, -0.15) is 5.10 Å². The Morgan fingerprint density at radius 3 is 2.19 bits per heavy atom. The number of nitrogens with two attached hydrogens (primary N) is 1. The second-order valence-electron chi connectivity index (χ2n) is 2.88. The summed E-state index contributed by atoms with van der Waals surface area (Å²) in [5, 5.41) is 11.8. The van der Waals surface area contributed by atoms with E-state index in [0.717, 1.165) is 11.4 Å². The van der Waals surface area contributed by atoms with Crippen molar-refractivity contribution in [1.82, 2.24) is 24.7 Å². The predicted molar refractivity (Wildman–Crippen MR) is 68.5 cm³/mol. The van der Waals surface area contributed by atoms with Gasteiger partial charge in [-0.15, -0.1) is 47.4 Å². The lowest BCUT2D eigenvalue weighted by Crippen LogP contribution is -2.15. The molecule has 9 heteroatoms. The number of halogens is 3. The van der Waals surface area contributed by atoms with Crippen LogP contribution in [-0.2, 0) is 0 Å². The minimum atomic E-state index is 0. The number of rotatable bonds is 1. The molecular weight excluding hydrogens is 274 g/mol. The highest BCUT2D eigenvalue weighted by Crippen LogP contribution is 2.06. The van der Waals surface area contributed by atoms with Crippen molar-refractivity contribution in [2.75, 3.05) is 5.84 Å². The zero-order valence-electron chi connectivity index (χ0n) is 8.69. The van der Waals surface area contributed by atoms with Crippen molar-refractivity contribution in [3.63, 3.8) is 0 Å². The molecule has 0 aliphatic rings. The van der Waals surface area contributed by atoms with Gasteiger partial charge in [0, 0.05) is 5.69 Å². The van der Waals surface area contributed by atoms with Crippen molar-refractivity contribution in [2.24, 2.45) is 0 Å². The van der Waals surface area contributed by atoms with Gasteiger partial charge in [-0.05, 0) is 19.9 Å². The molecule has 0 aromatic carbocycles. The Morgan fingerprint density at radius 2 is 1.81 bits per heavy atom. The Hall–Kier alpha value is -0.980. The molecule has 16 heavy (non-hydrogen) atoms. The van der Waals surface area contributed by atoms with Crippen molar-refractivity contribution in [1.29, 1.82) is 0 Å². The molecule has 2 aromatic rings. The SMILES string of the molecule is Cc1cc(C)n(-c2nncn2N)n1.Cl.Cl.Cl. The second-order valence-corrected chi connectivity index (χ2v) is 2.88. The van der Waals surface area contributed by atoms with Crippen molar-refractivity contribution in [3.8, 4) is 5.95 Å². The van der Waals surface area contributed by atoms with E-state index < -0.39 is 0 Å². The average Bonchev–Trinajstić information content (AvgIpc) is 2.58. The van der Waals surface area contributed by atoms with Gasteiger partial charge in [-0.1, -0.05) is 0 Å². The summed E-state index contributed by atoms with van der Waals surface area (Å²) in [5.41, 5.74) is 1.91. The van der Waals surface area contributed by atoms with Crippen LogP contribution in [0.3, 0.4) is 0 Å². The van der Waals surface area contributed by atoms with Crippen molar-refractivity contribution >= 4 is 37.2 Å². The molecule has 0 atom stereocenters. The van der Waals surface area contributed by atoms with Crippen LogP contribution in [0, 0.1) is 13.8 Å². The minimum absolute atomic E-state index is 0. The normalized spacial score (nSPS) is 8.62. The fourth-order valence-corrected chi connectivity index (χ4v) is 1.22. The third-order valence-corrected chi connectivity index (χ3v) is 1.75. The van der Waals surface area contributed by atoms with E-state index in [1.807, 2.05) is 19.9 Å². The Balaban J connectivity index is 0. The van der Waals surface area contributed by atoms with E-state index in [-0.39, 0.29) is 37.2 Å². The Labute approximate surface area is 111 Å². The van der Waals surface area contributed by atoms with Crippen LogP contribution in [0.25, 0.3) is 5.95 Å². The first kappa shape index (κ1) is 17.4. The van der Waals surface area contributed by atoms with E-state index in [1.165, 1.54) is 11.0 Å². The maximum atomic E-state index is 5.58. The van der Waals surface area contributed by atoms with Crippen molar-refractivity contribution in [3.05, 3.63) is 23.8 Å². The monoisotopic (exact) mass is 286 g/mol. The van der Waals surface area contributed by atoms with Crippen LogP contribution in [0.5, 0.6) is 0 Å². The first-order valence-electron chi connectivity index (χ1n) is 3.87. The van der Waals surface area contributed by atoms with Gasteiger partial charge >= 0.3 is 0 Å². The van der Waals surface area contributed by atoms with Gasteiger partial charge < -0.3 is 5.84 Å². The van der Waals surface area contributed by atoms with Gasteiger partial charge in [0.05, 0.1) is 5.69 Å². The van der Waals surface area contributed by atoms with Crippen LogP contribution >= 0.6 is 37.2 Å². The topological polar surface area (TPSA) is 74.5 Å². The number of nitrogen functional groups attached to an aromatic ring is 1. The summed E-state index contributed by atoms with van der Waals surface area (Å²) < 4.78 is 2.99. The van der Waals surface area contributed by atoms with E-state index in [2.05, 4.69) is 15.3 Å². The van der Waals surface area contributed by atoms with Crippen LogP contribution < -0.4 is 5.84 Å². The lowest BCUT2D eigenvalue weighted by molar-refractivity contribution is 0.743. The van der Waals surface area contributed by atoms with Crippen LogP contribution in [-0.4, -0.2) is 24.7 Å². The van der Waals surface area contributed by atoms with Gasteiger partial charge in [0.15, 0.2) is 0 Å². The average molecular weight is 288 g/mol. The van der Waals surface area contributed by atoms with Crippen LogP contribution in [0.1, 0.15) is 11.4 Å². The van der Waals surface area contributed by atoms with E-state index in [0.29, 0.717) is 5.95 Å². The summed E-state index contributed by atoms with van der Waals surface area (Å²) in [5.74, 6) is 6.10. The molecule has 0 aliphatic heterocycles. The summed E-state index contributed by atoms with van der Waals surface area (Å²) in [6, 6.07) is 1.95. The number of nitrogens with zero attached hydrogens (tertiary/aromatic N) is 5. The maximum absolute atomic E-state index is 5.58. The zero-order valence-corrected chi connectivity index (χ0v) is 11.1. The van der Waals surface area contributed by atoms with Gasteiger partial charge in [-0.25, -0.2) is 9.36 Å². The molecule has 0 aliphatic carbocycles. The summed E-state index contributed by atoms with van der Waals surface area (Å²) in [6.45, 7) is 3.86. The first-order chi connectivity index (χ1) is 6.18. The summed E-state index contributed by atoms with van der Waals surface area (Å²) in [7, 11) is 0. The number of hydrogen-bond donors (Lipinski definition) is 1. The molecule has 0 bridgehead atoms. The lowest BCUT2D eigenvalue weighted by Gasteiger charge is -2.00. The molecule has 2 aromatic heterocycles. The van der Waals surface area contributed by atoms with Crippen LogP contribution in [0.4, 0.5) is 0 Å². The zero-order chi connectivity index (χ0) is 9.42. The lowest BCUT2D eigenvalue weighted by atomic mass is 10.4. The predicted octanol–water partition coefficient (Wildman–Crippen LogP) is 1.06. The molecule has 2 heterocycles. The third kappa shape index (κ3) is 3.01. The highest BCUT2D eigenvalue weighted by atomic mass is 35.5. The second kappa shape index (κ2) is 6.57. The van der Waals surface area contributed by atoms with E-state index in [1.54, 1.807) is 4.68 Å². The molecule has 0 saturated carbocycles. The molecule has 2 N–H and O–H groups in total. The minimum Gasteiger partial charge on any atom is -0.335 e. The van der Waals surface area contributed by atoms with Gasteiger partial charge in [0.2, 0.25) is 0 Å². The van der Waals surface area contributed by atoms with Gasteiger partial charge in [-0.3, -0.25) is 0 Å². The molecule has 0 radical (unpaired) electrons. The third-order valence-electron chi connectivity index (χ3n) is 1.75. The number of aromatic nitrogens is 5. The molecule has 0 saturated heterocycles. The standard InChI is InChI=1S/C7H10N6.3ClH/c1-5-3-6(2)13(11-5)7-10-9-4-12(7)8;;;/h3-4H,8H2,1-2H3;3*1H. The van der Waals surface area contributed by atoms with Crippen LogP contribution in [0.15, 0.2) is 12.4 Å². The van der Waals surface area contributed by atoms with E-state index in [4.69, 9.17) is 5.84 Å². The summed E-state index contributed by atoms with van der Waals surface area (Å²) in [6.07, 6.45) is 1.44. The van der Waals surface area contributed by atoms with Crippen LogP contribution in [0.2, 0.25) is 0 Å². The Kier molecular flexibility index (Phi) is 7.15.